The molecule has 0 saturated carbocycles. The molecule has 0 aromatic carbocycles. The Labute approximate surface area is 94.0 Å². The number of carbonyl (C=O) groups is 1. The zero-order valence-corrected chi connectivity index (χ0v) is 10.8. The van der Waals surface area contributed by atoms with Gasteiger partial charge in [-0.1, -0.05) is 20.8 Å². The molecule has 0 spiro atoms. The first-order valence-electron chi connectivity index (χ1n) is 6.04. The molecule has 0 N–H and O–H groups in total. The van der Waals surface area contributed by atoms with Crippen LogP contribution in [0, 0.1) is 11.3 Å². The van der Waals surface area contributed by atoms with Crippen LogP contribution in [-0.4, -0.2) is 29.8 Å². The van der Waals surface area contributed by atoms with E-state index in [0.29, 0.717) is 23.7 Å². The highest BCUT2D eigenvalue weighted by Crippen LogP contribution is 2.34. The summed E-state index contributed by atoms with van der Waals surface area (Å²) in [6, 6.07) is 0.426. The van der Waals surface area contributed by atoms with E-state index in [-0.39, 0.29) is 0 Å². The summed E-state index contributed by atoms with van der Waals surface area (Å²) in [5, 5.41) is 0. The van der Waals surface area contributed by atoms with Crippen LogP contribution in [0.5, 0.6) is 0 Å². The SMILES string of the molecule is CC(=O)CC(C)N1CCC(C(C)(C)C)C1. The first kappa shape index (κ1) is 12.7. The van der Waals surface area contributed by atoms with Gasteiger partial charge in [0.15, 0.2) is 0 Å². The molecule has 1 aliphatic rings. The maximum atomic E-state index is 11.1. The summed E-state index contributed by atoms with van der Waals surface area (Å²) in [5.41, 5.74) is 0.407. The van der Waals surface area contributed by atoms with Crippen molar-refractivity contribution in [3.05, 3.63) is 0 Å². The Morgan fingerprint density at radius 1 is 1.47 bits per heavy atom. The van der Waals surface area contributed by atoms with Crippen LogP contribution in [0.3, 0.4) is 0 Å². The third-order valence-electron chi connectivity index (χ3n) is 3.65. The zero-order chi connectivity index (χ0) is 11.6. The topological polar surface area (TPSA) is 20.3 Å². The molecule has 0 radical (unpaired) electrons. The maximum absolute atomic E-state index is 11.1. The standard InChI is InChI=1S/C13H25NO/c1-10(8-11(2)15)14-7-6-12(9-14)13(3,4)5/h10,12H,6-9H2,1-5H3. The minimum Gasteiger partial charge on any atom is -0.300 e. The molecular formula is C13H25NO. The van der Waals surface area contributed by atoms with Crippen molar-refractivity contribution in [2.45, 2.75) is 53.5 Å². The fourth-order valence-corrected chi connectivity index (χ4v) is 2.44. The maximum Gasteiger partial charge on any atom is 0.131 e. The van der Waals surface area contributed by atoms with E-state index in [4.69, 9.17) is 0 Å². The molecule has 1 fully saturated rings. The number of carbonyl (C=O) groups excluding carboxylic acids is 1. The fourth-order valence-electron chi connectivity index (χ4n) is 2.44. The minimum atomic E-state index is 0.307. The average molecular weight is 211 g/mol. The van der Waals surface area contributed by atoms with Crippen LogP contribution in [0.1, 0.15) is 47.5 Å². The Morgan fingerprint density at radius 3 is 2.47 bits per heavy atom. The van der Waals surface area contributed by atoms with Gasteiger partial charge in [0.1, 0.15) is 5.78 Å². The van der Waals surface area contributed by atoms with E-state index < -0.39 is 0 Å². The van der Waals surface area contributed by atoms with E-state index in [0.717, 1.165) is 19.0 Å². The summed E-state index contributed by atoms with van der Waals surface area (Å²) >= 11 is 0. The number of likely N-dealkylation sites (tertiary alicyclic amines) is 1. The van der Waals surface area contributed by atoms with Crippen molar-refractivity contribution in [2.24, 2.45) is 11.3 Å². The van der Waals surface area contributed by atoms with Crippen molar-refractivity contribution < 1.29 is 4.79 Å². The lowest BCUT2D eigenvalue weighted by molar-refractivity contribution is -0.118. The van der Waals surface area contributed by atoms with Crippen molar-refractivity contribution in [3.8, 4) is 0 Å². The Bertz CT molecular complexity index is 229. The molecule has 0 amide bonds. The van der Waals surface area contributed by atoms with Gasteiger partial charge in [0.05, 0.1) is 0 Å². The van der Waals surface area contributed by atoms with E-state index >= 15 is 0 Å². The predicted molar refractivity (Wildman–Crippen MR) is 63.9 cm³/mol. The number of nitrogens with zero attached hydrogens (tertiary/aromatic N) is 1. The van der Waals surface area contributed by atoms with Gasteiger partial charge in [-0.15, -0.1) is 0 Å². The summed E-state index contributed by atoms with van der Waals surface area (Å²) in [7, 11) is 0. The smallest absolute Gasteiger partial charge is 0.131 e. The highest BCUT2D eigenvalue weighted by molar-refractivity contribution is 5.76. The molecule has 2 heteroatoms. The highest BCUT2D eigenvalue weighted by Gasteiger charge is 2.33. The molecule has 1 saturated heterocycles. The largest absolute Gasteiger partial charge is 0.300 e. The van der Waals surface area contributed by atoms with Crippen LogP contribution in [0.25, 0.3) is 0 Å². The number of Topliss-reactive ketones (excluding diaryl/α,β-unsaturated/α-hetero) is 1. The number of hydrogen-bond acceptors (Lipinski definition) is 2. The van der Waals surface area contributed by atoms with Gasteiger partial charge >= 0.3 is 0 Å². The van der Waals surface area contributed by atoms with Gasteiger partial charge in [0, 0.05) is 19.0 Å². The molecule has 0 aromatic rings. The molecule has 15 heavy (non-hydrogen) atoms. The second-order valence-corrected chi connectivity index (χ2v) is 6.10. The Hall–Kier alpha value is -0.370. The number of rotatable bonds is 3. The van der Waals surface area contributed by atoms with E-state index in [1.807, 2.05) is 0 Å². The molecule has 2 unspecified atom stereocenters. The average Bonchev–Trinajstić information content (AvgIpc) is 2.48. The van der Waals surface area contributed by atoms with Crippen LogP contribution in [-0.2, 0) is 4.79 Å². The van der Waals surface area contributed by atoms with Crippen LogP contribution in [0.15, 0.2) is 0 Å². The highest BCUT2D eigenvalue weighted by atomic mass is 16.1. The Kier molecular flexibility index (Phi) is 3.93. The van der Waals surface area contributed by atoms with Gasteiger partial charge in [-0.2, -0.15) is 0 Å². The second-order valence-electron chi connectivity index (χ2n) is 6.10. The first-order chi connectivity index (χ1) is 6.80. The van der Waals surface area contributed by atoms with Crippen LogP contribution >= 0.6 is 0 Å². The summed E-state index contributed by atoms with van der Waals surface area (Å²) < 4.78 is 0. The van der Waals surface area contributed by atoms with Crippen molar-refractivity contribution in [1.82, 2.24) is 4.90 Å². The van der Waals surface area contributed by atoms with Gasteiger partial charge in [0.25, 0.3) is 0 Å². The van der Waals surface area contributed by atoms with Gasteiger partial charge in [-0.3, -0.25) is 9.69 Å². The Balaban J connectivity index is 2.45. The van der Waals surface area contributed by atoms with Crippen molar-refractivity contribution >= 4 is 5.78 Å². The van der Waals surface area contributed by atoms with Gasteiger partial charge < -0.3 is 0 Å². The molecule has 1 aliphatic heterocycles. The number of hydrogen-bond donors (Lipinski definition) is 0. The Morgan fingerprint density at radius 2 is 2.07 bits per heavy atom. The van der Waals surface area contributed by atoms with E-state index in [2.05, 4.69) is 32.6 Å². The summed E-state index contributed by atoms with van der Waals surface area (Å²) in [6.07, 6.45) is 1.99. The third-order valence-corrected chi connectivity index (χ3v) is 3.65. The van der Waals surface area contributed by atoms with Crippen LogP contribution < -0.4 is 0 Å². The molecule has 0 aliphatic carbocycles. The quantitative estimate of drug-likeness (QED) is 0.715. The minimum absolute atomic E-state index is 0.307. The lowest BCUT2D eigenvalue weighted by Gasteiger charge is -2.29. The van der Waals surface area contributed by atoms with E-state index in [1.165, 1.54) is 6.42 Å². The molecule has 2 atom stereocenters. The molecule has 1 rings (SSSR count). The molecule has 88 valence electrons. The van der Waals surface area contributed by atoms with Crippen LogP contribution in [0.2, 0.25) is 0 Å². The van der Waals surface area contributed by atoms with Crippen molar-refractivity contribution in [2.75, 3.05) is 13.1 Å². The molecule has 0 bridgehead atoms. The number of ketones is 1. The monoisotopic (exact) mass is 211 g/mol. The normalized spacial score (nSPS) is 25.5. The fraction of sp³-hybridized carbons (Fsp3) is 0.923. The lowest BCUT2D eigenvalue weighted by atomic mass is 9.80. The van der Waals surface area contributed by atoms with E-state index in [1.54, 1.807) is 6.92 Å². The summed E-state index contributed by atoms with van der Waals surface area (Å²) in [6.45, 7) is 13.1. The van der Waals surface area contributed by atoms with Crippen LogP contribution in [0.4, 0.5) is 0 Å². The molecule has 2 nitrogen and oxygen atoms in total. The molecule has 1 heterocycles. The zero-order valence-electron chi connectivity index (χ0n) is 10.8. The molecule has 0 aromatic heterocycles. The summed E-state index contributed by atoms with van der Waals surface area (Å²) in [5.74, 6) is 1.09. The lowest BCUT2D eigenvalue weighted by Crippen LogP contribution is -2.34. The predicted octanol–water partition coefficient (Wildman–Crippen LogP) is 2.72. The van der Waals surface area contributed by atoms with Gasteiger partial charge in [-0.25, -0.2) is 0 Å². The van der Waals surface area contributed by atoms with E-state index in [9.17, 15) is 4.79 Å². The third kappa shape index (κ3) is 3.60. The van der Waals surface area contributed by atoms with Gasteiger partial charge in [-0.05, 0) is 38.1 Å². The van der Waals surface area contributed by atoms with Crippen molar-refractivity contribution in [3.63, 3.8) is 0 Å². The summed E-state index contributed by atoms with van der Waals surface area (Å²) in [4.78, 5) is 13.5. The second kappa shape index (κ2) is 4.65. The molecular weight excluding hydrogens is 186 g/mol. The van der Waals surface area contributed by atoms with Gasteiger partial charge in [0.2, 0.25) is 0 Å². The van der Waals surface area contributed by atoms with Crippen molar-refractivity contribution in [1.29, 1.82) is 0 Å². The first-order valence-corrected chi connectivity index (χ1v) is 6.04.